The van der Waals surface area contributed by atoms with Crippen LogP contribution in [0.2, 0.25) is 0 Å². The van der Waals surface area contributed by atoms with Crippen LogP contribution in [0.1, 0.15) is 303 Å². The standard InChI is InChI=1S/C73H137NO18/c1-3-5-7-9-11-13-15-17-19-21-23-24-25-26-27-28-29-30-31-32-33-34-36-38-40-42-44-46-48-50-57(78)56(74-61(79)51-49-47-45-43-41-39-37-35-22-20-18-16-14-12-10-8-6-4-2)55-87-71-67(85)64(82)69(59(53-76)89-71)92-73-68(86)65(83)70(60(54-77)90-73)91-72-66(84)63(81)62(80)58(52-75)88-72/h40,42,48,50,56-60,62-73,75-78,80-86H,3-39,41,43-47,49,51-55H2,1-2H3,(H,74,79)/b42-40+,50-48+. The monoisotopic (exact) mass is 1320 g/mol. The van der Waals surface area contributed by atoms with Crippen LogP contribution in [0.25, 0.3) is 0 Å². The van der Waals surface area contributed by atoms with E-state index in [1.165, 1.54) is 231 Å². The summed E-state index contributed by atoms with van der Waals surface area (Å²) in [4.78, 5) is 13.4. The first-order chi connectivity index (χ1) is 44.8. The van der Waals surface area contributed by atoms with Crippen LogP contribution < -0.4 is 5.32 Å². The number of ether oxygens (including phenoxy) is 6. The van der Waals surface area contributed by atoms with Crippen LogP contribution in [0, 0.1) is 0 Å². The highest BCUT2D eigenvalue weighted by molar-refractivity contribution is 5.76. The van der Waals surface area contributed by atoms with Crippen LogP contribution in [0.5, 0.6) is 0 Å². The minimum atomic E-state index is -1.98. The van der Waals surface area contributed by atoms with Gasteiger partial charge in [0.1, 0.15) is 73.2 Å². The van der Waals surface area contributed by atoms with Gasteiger partial charge in [0.15, 0.2) is 18.9 Å². The highest BCUT2D eigenvalue weighted by Gasteiger charge is 2.53. The number of carbonyl (C=O) groups excluding carboxylic acids is 1. The first-order valence-electron chi connectivity index (χ1n) is 37.6. The Labute approximate surface area is 556 Å². The normalized spacial score (nSPS) is 27.8. The van der Waals surface area contributed by atoms with Crippen molar-refractivity contribution in [2.24, 2.45) is 0 Å². The number of hydrogen-bond donors (Lipinski definition) is 12. The maximum absolute atomic E-state index is 13.4. The second-order valence-electron chi connectivity index (χ2n) is 27.1. The molecule has 3 saturated heterocycles. The summed E-state index contributed by atoms with van der Waals surface area (Å²) in [5.74, 6) is -0.280. The third-order valence-electron chi connectivity index (χ3n) is 19.0. The molecule has 0 aromatic heterocycles. The first kappa shape index (κ1) is 84.5. The molecule has 19 heteroatoms. The molecule has 0 aliphatic carbocycles. The topological polar surface area (TPSA) is 307 Å². The Balaban J connectivity index is 1.41. The molecule has 0 aromatic carbocycles. The molecule has 542 valence electrons. The van der Waals surface area contributed by atoms with E-state index in [1.807, 2.05) is 6.08 Å². The van der Waals surface area contributed by atoms with Gasteiger partial charge in [-0.05, 0) is 32.1 Å². The molecule has 3 heterocycles. The maximum atomic E-state index is 13.4. The summed E-state index contributed by atoms with van der Waals surface area (Å²) >= 11 is 0. The number of allylic oxidation sites excluding steroid dienone is 3. The van der Waals surface area contributed by atoms with Crippen molar-refractivity contribution < 1.29 is 89.4 Å². The van der Waals surface area contributed by atoms with Gasteiger partial charge in [-0.15, -0.1) is 0 Å². The molecule has 3 rings (SSSR count). The third-order valence-corrected chi connectivity index (χ3v) is 19.0. The zero-order valence-electron chi connectivity index (χ0n) is 57.5. The summed E-state index contributed by atoms with van der Waals surface area (Å²) in [6.07, 6.45) is 37.4. The Morgan fingerprint density at radius 1 is 0.380 bits per heavy atom. The van der Waals surface area contributed by atoms with E-state index >= 15 is 0 Å². The molecule has 92 heavy (non-hydrogen) atoms. The van der Waals surface area contributed by atoms with E-state index in [4.69, 9.17) is 28.4 Å². The molecular formula is C73H137NO18. The highest BCUT2D eigenvalue weighted by atomic mass is 16.8. The number of aliphatic hydroxyl groups is 11. The van der Waals surface area contributed by atoms with Crippen LogP contribution in [0.15, 0.2) is 24.3 Å². The van der Waals surface area contributed by atoms with Gasteiger partial charge >= 0.3 is 0 Å². The number of carbonyl (C=O) groups is 1. The van der Waals surface area contributed by atoms with E-state index in [2.05, 4.69) is 31.3 Å². The number of nitrogens with one attached hydrogen (secondary N) is 1. The Bertz CT molecular complexity index is 1760. The van der Waals surface area contributed by atoms with Crippen molar-refractivity contribution >= 4 is 5.91 Å². The summed E-state index contributed by atoms with van der Waals surface area (Å²) in [6.45, 7) is 1.76. The fourth-order valence-corrected chi connectivity index (χ4v) is 12.9. The summed E-state index contributed by atoms with van der Waals surface area (Å²) < 4.78 is 34.4. The molecule has 3 aliphatic rings. The van der Waals surface area contributed by atoms with Gasteiger partial charge in [-0.25, -0.2) is 0 Å². The molecule has 17 unspecified atom stereocenters. The molecule has 0 saturated carbocycles. The lowest BCUT2D eigenvalue weighted by molar-refractivity contribution is -0.379. The number of hydrogen-bond acceptors (Lipinski definition) is 18. The Hall–Kier alpha value is -1.73. The molecule has 1 amide bonds. The minimum Gasteiger partial charge on any atom is -0.394 e. The van der Waals surface area contributed by atoms with Crippen molar-refractivity contribution in [2.75, 3.05) is 26.4 Å². The fraction of sp³-hybridized carbons (Fsp3) is 0.932. The molecule has 0 aromatic rings. The molecular weight excluding hydrogens is 1180 g/mol. The SMILES string of the molecule is CCCCCCCCCCCCCCCCCCCCCCCCC/C=C/CC/C=C/C(O)C(COC1OC(CO)C(OC2OC(CO)C(OC3OC(CO)C(O)C(O)C3O)C(O)C2O)C(O)C1O)NC(=O)CCCCCCCCCCCCCCCCCCCC. The molecule has 3 fully saturated rings. The minimum absolute atomic E-state index is 0.241. The van der Waals surface area contributed by atoms with Crippen molar-refractivity contribution in [2.45, 2.75) is 407 Å². The summed E-state index contributed by atoms with van der Waals surface area (Å²) in [5.41, 5.74) is 0. The molecule has 0 radical (unpaired) electrons. The van der Waals surface area contributed by atoms with Crippen molar-refractivity contribution in [1.29, 1.82) is 0 Å². The summed E-state index contributed by atoms with van der Waals surface area (Å²) in [7, 11) is 0. The van der Waals surface area contributed by atoms with E-state index in [9.17, 15) is 61.0 Å². The van der Waals surface area contributed by atoms with Crippen LogP contribution >= 0.6 is 0 Å². The predicted octanol–water partition coefficient (Wildman–Crippen LogP) is 11.0. The van der Waals surface area contributed by atoms with Crippen molar-refractivity contribution in [3.05, 3.63) is 24.3 Å². The lowest BCUT2D eigenvalue weighted by atomic mass is 9.96. The quantitative estimate of drug-likeness (QED) is 0.0199. The molecule has 0 bridgehead atoms. The third kappa shape index (κ3) is 36.2. The second kappa shape index (κ2) is 55.2. The van der Waals surface area contributed by atoms with Gasteiger partial charge in [-0.3, -0.25) is 4.79 Å². The van der Waals surface area contributed by atoms with E-state index in [-0.39, 0.29) is 18.9 Å². The number of rotatable bonds is 59. The Kier molecular flexibility index (Phi) is 50.7. The van der Waals surface area contributed by atoms with E-state index < -0.39 is 124 Å². The van der Waals surface area contributed by atoms with Gasteiger partial charge in [0, 0.05) is 6.42 Å². The zero-order valence-corrected chi connectivity index (χ0v) is 57.5. The van der Waals surface area contributed by atoms with Gasteiger partial charge in [-0.1, -0.05) is 289 Å². The number of amides is 1. The largest absolute Gasteiger partial charge is 0.394 e. The van der Waals surface area contributed by atoms with Crippen LogP contribution in [0.4, 0.5) is 0 Å². The lowest BCUT2D eigenvalue weighted by Crippen LogP contribution is -2.66. The second-order valence-corrected chi connectivity index (χ2v) is 27.1. The molecule has 12 N–H and O–H groups in total. The van der Waals surface area contributed by atoms with Gasteiger partial charge < -0.3 is 89.9 Å². The van der Waals surface area contributed by atoms with Crippen LogP contribution in [-0.2, 0) is 33.2 Å². The highest BCUT2D eigenvalue weighted by Crippen LogP contribution is 2.33. The predicted molar refractivity (Wildman–Crippen MR) is 360 cm³/mol. The summed E-state index contributed by atoms with van der Waals surface area (Å²) in [6, 6.07) is -0.987. The average molecular weight is 1320 g/mol. The Morgan fingerprint density at radius 2 is 0.696 bits per heavy atom. The van der Waals surface area contributed by atoms with Gasteiger partial charge in [0.25, 0.3) is 0 Å². The maximum Gasteiger partial charge on any atom is 0.220 e. The fourth-order valence-electron chi connectivity index (χ4n) is 12.9. The lowest BCUT2D eigenvalue weighted by Gasteiger charge is -2.48. The molecule has 19 nitrogen and oxygen atoms in total. The van der Waals surface area contributed by atoms with Crippen molar-refractivity contribution in [3.63, 3.8) is 0 Å². The zero-order chi connectivity index (χ0) is 66.8. The Morgan fingerprint density at radius 3 is 1.09 bits per heavy atom. The summed E-state index contributed by atoms with van der Waals surface area (Å²) in [5, 5.41) is 121. The van der Waals surface area contributed by atoms with E-state index in [1.54, 1.807) is 6.08 Å². The number of aliphatic hydroxyl groups excluding tert-OH is 11. The van der Waals surface area contributed by atoms with Crippen molar-refractivity contribution in [3.8, 4) is 0 Å². The van der Waals surface area contributed by atoms with Crippen LogP contribution in [0.3, 0.4) is 0 Å². The molecule has 3 aliphatic heterocycles. The van der Waals surface area contributed by atoms with E-state index in [0.29, 0.717) is 12.8 Å². The van der Waals surface area contributed by atoms with Gasteiger partial charge in [0.05, 0.1) is 38.6 Å². The molecule has 0 spiro atoms. The van der Waals surface area contributed by atoms with Crippen LogP contribution in [-0.4, -0.2) is 193 Å². The van der Waals surface area contributed by atoms with Gasteiger partial charge in [0.2, 0.25) is 5.91 Å². The van der Waals surface area contributed by atoms with E-state index in [0.717, 1.165) is 38.5 Å². The average Bonchev–Trinajstić information content (AvgIpc) is 0.857. The van der Waals surface area contributed by atoms with Gasteiger partial charge in [-0.2, -0.15) is 0 Å². The smallest absolute Gasteiger partial charge is 0.220 e. The first-order valence-corrected chi connectivity index (χ1v) is 37.6. The van der Waals surface area contributed by atoms with Crippen molar-refractivity contribution in [1.82, 2.24) is 5.32 Å². The molecule has 17 atom stereocenters. The number of unbranched alkanes of at least 4 members (excludes halogenated alkanes) is 41.